The summed E-state index contributed by atoms with van der Waals surface area (Å²) in [4.78, 5) is 11.7. The van der Waals surface area contributed by atoms with Crippen molar-refractivity contribution in [3.8, 4) is 0 Å². The molecule has 21 heavy (non-hydrogen) atoms. The van der Waals surface area contributed by atoms with E-state index in [9.17, 15) is 13.2 Å². The summed E-state index contributed by atoms with van der Waals surface area (Å²) in [5, 5.41) is 2.85. The first-order chi connectivity index (χ1) is 9.94. The number of rotatable bonds is 6. The maximum absolute atomic E-state index is 11.9. The van der Waals surface area contributed by atoms with Crippen molar-refractivity contribution in [1.82, 2.24) is 10.0 Å². The highest BCUT2D eigenvalue weighted by Gasteiger charge is 2.18. The van der Waals surface area contributed by atoms with Crippen molar-refractivity contribution in [1.29, 1.82) is 0 Å². The van der Waals surface area contributed by atoms with Gasteiger partial charge in [0.05, 0.1) is 12.3 Å². The fraction of sp³-hybridized carbons (Fsp3) is 0.500. The minimum absolute atomic E-state index is 0.128. The quantitative estimate of drug-likeness (QED) is 0.798. The van der Waals surface area contributed by atoms with Crippen LogP contribution in [0.25, 0.3) is 0 Å². The molecule has 1 amide bonds. The maximum Gasteiger partial charge on any atom is 0.235 e. The summed E-state index contributed by atoms with van der Waals surface area (Å²) in [7, 11) is -3.50. The average molecular weight is 375 g/mol. The molecule has 116 valence electrons. The van der Waals surface area contributed by atoms with Crippen LogP contribution < -0.4 is 10.0 Å². The molecule has 0 aromatic heterocycles. The van der Waals surface area contributed by atoms with Crippen LogP contribution in [-0.4, -0.2) is 26.9 Å². The molecule has 1 aliphatic rings. The van der Waals surface area contributed by atoms with E-state index in [-0.39, 0.29) is 24.2 Å². The van der Waals surface area contributed by atoms with E-state index in [1.807, 2.05) is 0 Å². The van der Waals surface area contributed by atoms with Crippen molar-refractivity contribution in [3.05, 3.63) is 34.3 Å². The van der Waals surface area contributed by atoms with Crippen LogP contribution in [0, 0.1) is 0 Å². The number of hydrogen-bond donors (Lipinski definition) is 2. The molecule has 2 N–H and O–H groups in total. The number of nitrogens with one attached hydrogen (secondary N) is 2. The number of benzene rings is 1. The van der Waals surface area contributed by atoms with E-state index in [0.29, 0.717) is 5.56 Å². The molecule has 0 saturated heterocycles. The van der Waals surface area contributed by atoms with Crippen molar-refractivity contribution in [2.45, 2.75) is 37.5 Å². The molecular formula is C14H19BrN2O3S. The third-order valence-electron chi connectivity index (χ3n) is 3.44. The molecule has 7 heteroatoms. The number of carbonyl (C=O) groups is 1. The Hall–Kier alpha value is -0.920. The van der Waals surface area contributed by atoms with Crippen LogP contribution in [0.2, 0.25) is 0 Å². The van der Waals surface area contributed by atoms with E-state index in [1.54, 1.807) is 24.3 Å². The van der Waals surface area contributed by atoms with Gasteiger partial charge < -0.3 is 5.32 Å². The summed E-state index contributed by atoms with van der Waals surface area (Å²) < 4.78 is 27.1. The lowest BCUT2D eigenvalue weighted by atomic mass is 10.2. The molecular weight excluding hydrogens is 356 g/mol. The summed E-state index contributed by atoms with van der Waals surface area (Å²) >= 11 is 3.30. The van der Waals surface area contributed by atoms with E-state index < -0.39 is 10.0 Å². The number of hydrogen-bond acceptors (Lipinski definition) is 3. The first kappa shape index (κ1) is 16.5. The van der Waals surface area contributed by atoms with E-state index >= 15 is 0 Å². The van der Waals surface area contributed by atoms with Crippen molar-refractivity contribution in [2.24, 2.45) is 0 Å². The van der Waals surface area contributed by atoms with Crippen LogP contribution in [0.4, 0.5) is 0 Å². The van der Waals surface area contributed by atoms with Gasteiger partial charge >= 0.3 is 0 Å². The standard InChI is InChI=1S/C14H19BrN2O3S/c15-12-7-5-11(6-8-12)10-21(19,20)16-9-14(18)17-13-3-1-2-4-13/h5-8,13,16H,1-4,9-10H2,(H,17,18). The van der Waals surface area contributed by atoms with Gasteiger partial charge in [0.2, 0.25) is 15.9 Å². The molecule has 0 radical (unpaired) electrons. The van der Waals surface area contributed by atoms with Gasteiger partial charge in [0.1, 0.15) is 0 Å². The predicted octanol–water partition coefficient (Wildman–Crippen LogP) is 1.93. The minimum atomic E-state index is -3.50. The normalized spacial score (nSPS) is 16.0. The minimum Gasteiger partial charge on any atom is -0.352 e. The third-order valence-corrected chi connectivity index (χ3v) is 5.27. The Bertz CT molecular complexity index is 581. The lowest BCUT2D eigenvalue weighted by Gasteiger charge is -2.12. The van der Waals surface area contributed by atoms with Gasteiger partial charge in [0.15, 0.2) is 0 Å². The molecule has 5 nitrogen and oxygen atoms in total. The molecule has 2 rings (SSSR count). The van der Waals surface area contributed by atoms with E-state index in [2.05, 4.69) is 26.0 Å². The molecule has 0 heterocycles. The summed E-state index contributed by atoms with van der Waals surface area (Å²) in [5.74, 6) is -0.391. The van der Waals surface area contributed by atoms with Crippen LogP contribution >= 0.6 is 15.9 Å². The van der Waals surface area contributed by atoms with Gasteiger partial charge in [-0.25, -0.2) is 13.1 Å². The van der Waals surface area contributed by atoms with Gasteiger partial charge in [-0.05, 0) is 30.5 Å². The van der Waals surface area contributed by atoms with Crippen LogP contribution in [-0.2, 0) is 20.6 Å². The molecule has 0 atom stereocenters. The molecule has 1 saturated carbocycles. The second-order valence-electron chi connectivity index (χ2n) is 5.26. The van der Waals surface area contributed by atoms with Gasteiger partial charge in [0.25, 0.3) is 0 Å². The lowest BCUT2D eigenvalue weighted by Crippen LogP contribution is -2.41. The van der Waals surface area contributed by atoms with Gasteiger partial charge in [-0.3, -0.25) is 4.79 Å². The average Bonchev–Trinajstić information content (AvgIpc) is 2.92. The van der Waals surface area contributed by atoms with Crippen LogP contribution in [0.15, 0.2) is 28.7 Å². The smallest absolute Gasteiger partial charge is 0.235 e. The van der Waals surface area contributed by atoms with Gasteiger partial charge in [-0.1, -0.05) is 40.9 Å². The first-order valence-electron chi connectivity index (χ1n) is 6.96. The Morgan fingerprint density at radius 3 is 2.43 bits per heavy atom. The molecule has 0 unspecified atom stereocenters. The summed E-state index contributed by atoms with van der Waals surface area (Å²) in [6, 6.07) is 7.26. The van der Waals surface area contributed by atoms with E-state index in [0.717, 1.165) is 30.2 Å². The maximum atomic E-state index is 11.9. The van der Waals surface area contributed by atoms with Crippen molar-refractivity contribution in [3.63, 3.8) is 0 Å². The SMILES string of the molecule is O=C(CNS(=O)(=O)Cc1ccc(Br)cc1)NC1CCCC1. The largest absolute Gasteiger partial charge is 0.352 e. The molecule has 1 aliphatic carbocycles. The molecule has 0 bridgehead atoms. The zero-order valence-electron chi connectivity index (χ0n) is 11.6. The van der Waals surface area contributed by atoms with Gasteiger partial charge in [-0.2, -0.15) is 0 Å². The Morgan fingerprint density at radius 1 is 1.19 bits per heavy atom. The van der Waals surface area contributed by atoms with Crippen molar-refractivity contribution in [2.75, 3.05) is 6.54 Å². The molecule has 1 fully saturated rings. The van der Waals surface area contributed by atoms with Crippen LogP contribution in [0.3, 0.4) is 0 Å². The van der Waals surface area contributed by atoms with Crippen molar-refractivity contribution >= 4 is 31.9 Å². The highest BCUT2D eigenvalue weighted by atomic mass is 79.9. The highest BCUT2D eigenvalue weighted by molar-refractivity contribution is 9.10. The van der Waals surface area contributed by atoms with Crippen LogP contribution in [0.1, 0.15) is 31.2 Å². The fourth-order valence-electron chi connectivity index (χ4n) is 2.38. The summed E-state index contributed by atoms with van der Waals surface area (Å²) in [6.07, 6.45) is 4.22. The second-order valence-corrected chi connectivity index (χ2v) is 7.98. The van der Waals surface area contributed by atoms with E-state index in [1.165, 1.54) is 0 Å². The predicted molar refractivity (Wildman–Crippen MR) is 85.2 cm³/mol. The Balaban J connectivity index is 1.80. The number of amides is 1. The Morgan fingerprint density at radius 2 is 1.81 bits per heavy atom. The van der Waals surface area contributed by atoms with E-state index in [4.69, 9.17) is 0 Å². The lowest BCUT2D eigenvalue weighted by molar-refractivity contribution is -0.120. The second kappa shape index (κ2) is 7.38. The van der Waals surface area contributed by atoms with Gasteiger partial charge in [-0.15, -0.1) is 0 Å². The number of halogens is 1. The monoisotopic (exact) mass is 374 g/mol. The molecule has 1 aromatic rings. The summed E-state index contributed by atoms with van der Waals surface area (Å²) in [5.41, 5.74) is 0.682. The van der Waals surface area contributed by atoms with Gasteiger partial charge in [0, 0.05) is 10.5 Å². The topological polar surface area (TPSA) is 75.3 Å². The third kappa shape index (κ3) is 5.76. The molecule has 0 spiro atoms. The van der Waals surface area contributed by atoms with Crippen molar-refractivity contribution < 1.29 is 13.2 Å². The Kier molecular flexibility index (Phi) is 5.78. The molecule has 0 aliphatic heterocycles. The highest BCUT2D eigenvalue weighted by Crippen LogP contribution is 2.17. The number of sulfonamides is 1. The summed E-state index contributed by atoms with van der Waals surface area (Å²) in [6.45, 7) is -0.199. The number of carbonyl (C=O) groups excluding carboxylic acids is 1. The molecule has 1 aromatic carbocycles. The zero-order chi connectivity index (χ0) is 15.3. The Labute approximate surface area is 133 Å². The first-order valence-corrected chi connectivity index (χ1v) is 9.40. The fourth-order valence-corrected chi connectivity index (χ4v) is 3.72. The van der Waals surface area contributed by atoms with Crippen LogP contribution in [0.5, 0.6) is 0 Å². The zero-order valence-corrected chi connectivity index (χ0v) is 14.0.